The zero-order valence-corrected chi connectivity index (χ0v) is 24.9. The Morgan fingerprint density at radius 3 is 2.44 bits per heavy atom. The van der Waals surface area contributed by atoms with Gasteiger partial charge in [0.25, 0.3) is 0 Å². The summed E-state index contributed by atoms with van der Waals surface area (Å²) in [4.78, 5) is 28.6. The Balaban J connectivity index is 1.56. The van der Waals surface area contributed by atoms with E-state index in [0.29, 0.717) is 28.9 Å². The van der Waals surface area contributed by atoms with Crippen LogP contribution < -0.4 is 5.69 Å². The van der Waals surface area contributed by atoms with Crippen LogP contribution >= 0.6 is 0 Å². The third-order valence-electron chi connectivity index (χ3n) is 7.69. The molecule has 1 amide bonds. The van der Waals surface area contributed by atoms with Gasteiger partial charge in [-0.25, -0.2) is 23.1 Å². The number of hydrogen-bond donors (Lipinski definition) is 0. The molecule has 0 radical (unpaired) electrons. The standard InChI is InChI=1S/C30H28F5N7O3/c1-16-24-21(10-11-39(16)28(44)45-29(2,3)4)37-42(17-6-7-20(31)19(14-17)30(33,34)35)26(24)41-13-12-40(27(41)43)23-9-8-22-18(25(23)32)15-36-38(22)5/h6-9,12-16H,10-11H2,1-5H3/t16-/m0/s1. The van der Waals surface area contributed by atoms with Gasteiger partial charge in [-0.2, -0.15) is 23.4 Å². The zero-order valence-electron chi connectivity index (χ0n) is 24.9. The topological polar surface area (TPSA) is 92.1 Å². The van der Waals surface area contributed by atoms with Crippen LogP contribution in [0.3, 0.4) is 0 Å². The molecule has 0 aliphatic carbocycles. The Morgan fingerprint density at radius 1 is 1.04 bits per heavy atom. The van der Waals surface area contributed by atoms with E-state index in [1.54, 1.807) is 40.8 Å². The van der Waals surface area contributed by atoms with E-state index in [1.165, 1.54) is 34.2 Å². The highest BCUT2D eigenvalue weighted by Crippen LogP contribution is 2.38. The molecule has 0 saturated carbocycles. The third kappa shape index (κ3) is 5.05. The summed E-state index contributed by atoms with van der Waals surface area (Å²) >= 11 is 0. The molecule has 0 bridgehead atoms. The minimum absolute atomic E-state index is 0.0112. The lowest BCUT2D eigenvalue weighted by atomic mass is 10.00. The average molecular weight is 630 g/mol. The van der Waals surface area contributed by atoms with E-state index in [0.717, 1.165) is 19.9 Å². The van der Waals surface area contributed by atoms with Crippen LogP contribution in [0.2, 0.25) is 0 Å². The normalized spacial score (nSPS) is 15.5. The fraction of sp³-hybridized carbons (Fsp3) is 0.333. The lowest BCUT2D eigenvalue weighted by Crippen LogP contribution is -2.42. The number of amides is 1. The molecule has 0 spiro atoms. The molecule has 10 nitrogen and oxygen atoms in total. The van der Waals surface area contributed by atoms with Crippen molar-refractivity contribution in [3.8, 4) is 17.2 Å². The molecule has 3 aromatic heterocycles. The van der Waals surface area contributed by atoms with Gasteiger partial charge in [0, 0.05) is 38.0 Å². The molecule has 4 heterocycles. The molecule has 5 aromatic rings. The van der Waals surface area contributed by atoms with Crippen LogP contribution in [-0.2, 0) is 24.4 Å². The summed E-state index contributed by atoms with van der Waals surface area (Å²) in [5, 5.41) is 8.79. The zero-order chi connectivity index (χ0) is 32.6. The van der Waals surface area contributed by atoms with Crippen LogP contribution in [0.1, 0.15) is 50.6 Å². The van der Waals surface area contributed by atoms with Crippen LogP contribution in [0.5, 0.6) is 0 Å². The van der Waals surface area contributed by atoms with E-state index in [1.807, 2.05) is 0 Å². The van der Waals surface area contributed by atoms with Gasteiger partial charge in [0.05, 0.1) is 45.8 Å². The van der Waals surface area contributed by atoms with Gasteiger partial charge >= 0.3 is 18.0 Å². The Hall–Kier alpha value is -4.95. The van der Waals surface area contributed by atoms with Crippen LogP contribution in [0.15, 0.2) is 53.7 Å². The van der Waals surface area contributed by atoms with Gasteiger partial charge in [-0.05, 0) is 58.0 Å². The van der Waals surface area contributed by atoms with Crippen molar-refractivity contribution in [1.82, 2.24) is 33.6 Å². The maximum absolute atomic E-state index is 15.6. The second-order valence-electron chi connectivity index (χ2n) is 11.8. The van der Waals surface area contributed by atoms with Gasteiger partial charge in [0.1, 0.15) is 17.2 Å². The van der Waals surface area contributed by atoms with Crippen molar-refractivity contribution in [3.63, 3.8) is 0 Å². The molecule has 0 saturated heterocycles. The Bertz CT molecular complexity index is 2030. The number of halogens is 5. The molecule has 1 aliphatic heterocycles. The first-order valence-corrected chi connectivity index (χ1v) is 14.0. The smallest absolute Gasteiger partial charge is 0.419 e. The predicted octanol–water partition coefficient (Wildman–Crippen LogP) is 5.85. The number of aromatic nitrogens is 6. The minimum atomic E-state index is -5.00. The first-order chi connectivity index (χ1) is 21.1. The molecule has 6 rings (SSSR count). The van der Waals surface area contributed by atoms with E-state index in [4.69, 9.17) is 4.74 Å². The van der Waals surface area contributed by atoms with E-state index >= 15 is 4.39 Å². The molecular formula is C30H28F5N7O3. The van der Waals surface area contributed by atoms with Crippen LogP contribution in [-0.4, -0.2) is 51.8 Å². The van der Waals surface area contributed by atoms with Crippen molar-refractivity contribution in [2.24, 2.45) is 7.05 Å². The van der Waals surface area contributed by atoms with Crippen molar-refractivity contribution in [3.05, 3.63) is 87.9 Å². The highest BCUT2D eigenvalue weighted by molar-refractivity contribution is 5.81. The summed E-state index contributed by atoms with van der Waals surface area (Å²) < 4.78 is 81.3. The molecule has 0 unspecified atom stereocenters. The molecule has 1 aliphatic rings. The highest BCUT2D eigenvalue weighted by atomic mass is 19.4. The Labute approximate surface area is 252 Å². The number of carbonyl (C=O) groups is 1. The van der Waals surface area contributed by atoms with Crippen LogP contribution in [0.4, 0.5) is 26.7 Å². The number of ether oxygens (including phenoxy) is 1. The quantitative estimate of drug-likeness (QED) is 0.234. The number of fused-ring (bicyclic) bond motifs is 2. The van der Waals surface area contributed by atoms with Gasteiger partial charge in [-0.1, -0.05) is 0 Å². The predicted molar refractivity (Wildman–Crippen MR) is 153 cm³/mol. The number of aryl methyl sites for hydroxylation is 1. The average Bonchev–Trinajstić information content (AvgIpc) is 3.63. The molecular weight excluding hydrogens is 601 g/mol. The van der Waals surface area contributed by atoms with Crippen molar-refractivity contribution in [2.75, 3.05) is 6.54 Å². The summed E-state index contributed by atoms with van der Waals surface area (Å²) in [6.45, 7) is 7.01. The van der Waals surface area contributed by atoms with Crippen molar-refractivity contribution >= 4 is 17.0 Å². The lowest BCUT2D eigenvalue weighted by molar-refractivity contribution is -0.140. The van der Waals surface area contributed by atoms with Gasteiger partial charge in [-0.15, -0.1) is 0 Å². The van der Waals surface area contributed by atoms with E-state index in [2.05, 4.69) is 10.2 Å². The first kappa shape index (κ1) is 30.1. The molecule has 1 atom stereocenters. The minimum Gasteiger partial charge on any atom is -0.444 e. The molecule has 15 heteroatoms. The van der Waals surface area contributed by atoms with E-state index < -0.39 is 46.8 Å². The van der Waals surface area contributed by atoms with E-state index in [9.17, 15) is 27.2 Å². The second kappa shape index (κ2) is 10.3. The molecule has 0 N–H and O–H groups in total. The van der Waals surface area contributed by atoms with E-state index in [-0.39, 0.29) is 35.5 Å². The summed E-state index contributed by atoms with van der Waals surface area (Å²) in [6.07, 6.45) is -1.46. The lowest BCUT2D eigenvalue weighted by Gasteiger charge is -2.34. The highest BCUT2D eigenvalue weighted by Gasteiger charge is 2.38. The second-order valence-corrected chi connectivity index (χ2v) is 11.8. The molecule has 0 fully saturated rings. The monoisotopic (exact) mass is 629 g/mol. The Morgan fingerprint density at radius 2 is 1.76 bits per heavy atom. The van der Waals surface area contributed by atoms with Crippen LogP contribution in [0, 0.1) is 11.6 Å². The number of alkyl halides is 3. The maximum atomic E-state index is 15.6. The summed E-state index contributed by atoms with van der Waals surface area (Å²) in [7, 11) is 1.65. The number of rotatable bonds is 3. The molecule has 2 aromatic carbocycles. The molecule has 236 valence electrons. The van der Waals surface area contributed by atoms with Crippen molar-refractivity contribution in [1.29, 1.82) is 0 Å². The van der Waals surface area contributed by atoms with Gasteiger partial charge in [0.15, 0.2) is 5.82 Å². The number of imidazole rings is 1. The van der Waals surface area contributed by atoms with Crippen LogP contribution in [0.25, 0.3) is 28.1 Å². The van der Waals surface area contributed by atoms with Gasteiger partial charge in [0.2, 0.25) is 0 Å². The third-order valence-corrected chi connectivity index (χ3v) is 7.69. The number of nitrogens with zero attached hydrogens (tertiary/aromatic N) is 7. The number of carbonyl (C=O) groups excluding carboxylic acids is 1. The van der Waals surface area contributed by atoms with Gasteiger partial charge in [-0.3, -0.25) is 13.8 Å². The fourth-order valence-corrected chi connectivity index (χ4v) is 5.59. The molecule has 45 heavy (non-hydrogen) atoms. The van der Waals surface area contributed by atoms with Crippen molar-refractivity contribution in [2.45, 2.75) is 51.9 Å². The van der Waals surface area contributed by atoms with Crippen molar-refractivity contribution < 1.29 is 31.5 Å². The SMILES string of the molecule is C[C@H]1c2c(nn(-c3ccc(F)c(C(F)(F)F)c3)c2-n2ccn(-c3ccc4c(cnn4C)c3F)c2=O)CCN1C(=O)OC(C)(C)C. The first-order valence-electron chi connectivity index (χ1n) is 14.0. The Kier molecular flexibility index (Phi) is 6.89. The maximum Gasteiger partial charge on any atom is 0.419 e. The largest absolute Gasteiger partial charge is 0.444 e. The number of benzene rings is 2. The van der Waals surface area contributed by atoms with Gasteiger partial charge < -0.3 is 9.64 Å². The number of hydrogen-bond acceptors (Lipinski definition) is 5. The summed E-state index contributed by atoms with van der Waals surface area (Å²) in [5.74, 6) is -2.16. The summed E-state index contributed by atoms with van der Waals surface area (Å²) in [5.41, 5.74) is -2.05. The fourth-order valence-electron chi connectivity index (χ4n) is 5.59. The summed E-state index contributed by atoms with van der Waals surface area (Å²) in [6, 6.07) is 4.67.